The summed E-state index contributed by atoms with van der Waals surface area (Å²) in [5.41, 5.74) is 6.64. The second-order valence-electron chi connectivity index (χ2n) is 6.73. The largest absolute Gasteiger partial charge is 0.483 e. The lowest BCUT2D eigenvalue weighted by atomic mass is 9.96. The molecule has 0 radical (unpaired) electrons. The van der Waals surface area contributed by atoms with Crippen LogP contribution in [0.25, 0.3) is 5.65 Å². The first-order valence-corrected chi connectivity index (χ1v) is 8.70. The number of nitrogens with zero attached hydrogens (tertiary/aromatic N) is 5. The Labute approximate surface area is 146 Å². The van der Waals surface area contributed by atoms with Crippen LogP contribution in [0.15, 0.2) is 12.4 Å². The number of aromatic nitrogens is 4. The van der Waals surface area contributed by atoms with Crippen molar-refractivity contribution in [3.63, 3.8) is 0 Å². The van der Waals surface area contributed by atoms with Crippen molar-refractivity contribution in [2.45, 2.75) is 25.7 Å². The Kier molecular flexibility index (Phi) is 5.64. The molecule has 3 heterocycles. The van der Waals surface area contributed by atoms with Crippen LogP contribution in [0.1, 0.15) is 25.7 Å². The van der Waals surface area contributed by atoms with Crippen LogP contribution in [0.4, 0.5) is 11.8 Å². The highest BCUT2D eigenvalue weighted by atomic mass is 16.3. The first kappa shape index (κ1) is 17.4. The number of carbonyl (C=O) groups is 1. The Morgan fingerprint density at radius 2 is 2.00 bits per heavy atom. The molecule has 0 unspecified atom stereocenters. The van der Waals surface area contributed by atoms with E-state index in [1.54, 1.807) is 10.7 Å². The van der Waals surface area contributed by atoms with Gasteiger partial charge in [-0.15, -0.1) is 10.2 Å². The Morgan fingerprint density at radius 1 is 1.28 bits per heavy atom. The molecule has 0 spiro atoms. The molecule has 0 amide bonds. The fourth-order valence-corrected chi connectivity index (χ4v) is 3.23. The third kappa shape index (κ3) is 4.79. The molecular weight excluding hydrogens is 322 g/mol. The van der Waals surface area contributed by atoms with Gasteiger partial charge in [0.1, 0.15) is 12.1 Å². The minimum absolute atomic E-state index is 0.250. The van der Waals surface area contributed by atoms with Crippen LogP contribution in [0.3, 0.4) is 0 Å². The fraction of sp³-hybridized carbons (Fsp3) is 0.625. The van der Waals surface area contributed by atoms with E-state index >= 15 is 0 Å². The van der Waals surface area contributed by atoms with E-state index in [4.69, 9.17) is 15.6 Å². The highest BCUT2D eigenvalue weighted by molar-refractivity contribution is 5.53. The van der Waals surface area contributed by atoms with Gasteiger partial charge in [0.05, 0.1) is 0 Å². The number of nitrogens with one attached hydrogen (secondary N) is 1. The van der Waals surface area contributed by atoms with Gasteiger partial charge in [-0.05, 0) is 50.6 Å². The molecule has 2 aromatic rings. The summed E-state index contributed by atoms with van der Waals surface area (Å²) in [5.74, 6) is 2.92. The first-order valence-electron chi connectivity index (χ1n) is 8.70. The number of hydrogen-bond acceptors (Lipinski definition) is 7. The smallest absolute Gasteiger partial charge is 0.290 e. The van der Waals surface area contributed by atoms with Gasteiger partial charge in [0, 0.05) is 19.2 Å². The van der Waals surface area contributed by atoms with Crippen LogP contribution in [0.5, 0.6) is 0 Å². The third-order valence-corrected chi connectivity index (χ3v) is 4.81. The zero-order chi connectivity index (χ0) is 17.6. The summed E-state index contributed by atoms with van der Waals surface area (Å²) >= 11 is 0. The maximum Gasteiger partial charge on any atom is 0.290 e. The van der Waals surface area contributed by atoms with Crippen molar-refractivity contribution < 1.29 is 9.90 Å². The number of anilines is 2. The van der Waals surface area contributed by atoms with Gasteiger partial charge in [-0.2, -0.15) is 4.98 Å². The average molecular weight is 347 g/mol. The third-order valence-electron chi connectivity index (χ3n) is 4.81. The van der Waals surface area contributed by atoms with E-state index in [-0.39, 0.29) is 6.47 Å². The molecule has 1 saturated heterocycles. The zero-order valence-corrected chi connectivity index (χ0v) is 14.2. The molecule has 1 saturated carbocycles. The molecule has 4 N–H and O–H groups in total. The summed E-state index contributed by atoms with van der Waals surface area (Å²) < 4.78 is 1.68. The summed E-state index contributed by atoms with van der Waals surface area (Å²) in [5, 5.41) is 18.2. The molecule has 2 fully saturated rings. The number of rotatable bonds is 5. The van der Waals surface area contributed by atoms with Crippen LogP contribution in [0.2, 0.25) is 0 Å². The van der Waals surface area contributed by atoms with E-state index in [2.05, 4.69) is 25.4 Å². The number of carboxylic acid groups (broad SMARTS) is 1. The maximum atomic E-state index is 8.36. The van der Waals surface area contributed by atoms with Crippen molar-refractivity contribution >= 4 is 23.9 Å². The first-order chi connectivity index (χ1) is 12.2. The highest BCUT2D eigenvalue weighted by Gasteiger charge is 2.26. The van der Waals surface area contributed by atoms with E-state index in [9.17, 15) is 0 Å². The SMILES string of the molecule is Nc1nc(NCC2CCN(CC3CC3)CC2)cc2nncn12.O=CO. The Hall–Kier alpha value is -2.42. The lowest BCUT2D eigenvalue weighted by molar-refractivity contribution is -0.122. The second kappa shape index (κ2) is 8.11. The molecule has 0 bridgehead atoms. The molecule has 1 aliphatic heterocycles. The average Bonchev–Trinajstić information content (AvgIpc) is 3.28. The van der Waals surface area contributed by atoms with Gasteiger partial charge < -0.3 is 21.1 Å². The zero-order valence-electron chi connectivity index (χ0n) is 14.2. The van der Waals surface area contributed by atoms with Gasteiger partial charge in [0.25, 0.3) is 6.47 Å². The van der Waals surface area contributed by atoms with Gasteiger partial charge >= 0.3 is 0 Å². The minimum atomic E-state index is -0.250. The highest BCUT2D eigenvalue weighted by Crippen LogP contribution is 2.31. The van der Waals surface area contributed by atoms with Crippen LogP contribution in [0, 0.1) is 11.8 Å². The van der Waals surface area contributed by atoms with Crippen molar-refractivity contribution in [1.29, 1.82) is 0 Å². The number of fused-ring (bicyclic) bond motifs is 1. The molecule has 136 valence electrons. The Morgan fingerprint density at radius 3 is 2.68 bits per heavy atom. The standard InChI is InChI=1S/C15H23N7.CH2O2/c16-15-19-13(7-14-20-18-10-22(14)15)17-8-11-3-5-21(6-4-11)9-12-1-2-12;2-1-3/h7,10-12,17H,1-6,8-9H2,(H2,16,19);1H,(H,2,3). The van der Waals surface area contributed by atoms with Crippen molar-refractivity contribution in [3.05, 3.63) is 12.4 Å². The number of nitrogens with two attached hydrogens (primary N) is 1. The van der Waals surface area contributed by atoms with E-state index in [1.807, 2.05) is 6.07 Å². The molecule has 25 heavy (non-hydrogen) atoms. The number of nitrogen functional groups attached to an aromatic ring is 1. The predicted molar refractivity (Wildman–Crippen MR) is 94.3 cm³/mol. The minimum Gasteiger partial charge on any atom is -0.483 e. The van der Waals surface area contributed by atoms with E-state index in [0.29, 0.717) is 11.9 Å². The molecule has 0 atom stereocenters. The quantitative estimate of drug-likeness (QED) is 0.683. The Balaban J connectivity index is 0.000000569. The summed E-state index contributed by atoms with van der Waals surface area (Å²) in [7, 11) is 0. The number of likely N-dealkylation sites (tertiary alicyclic amines) is 1. The van der Waals surface area contributed by atoms with Crippen molar-refractivity contribution in [1.82, 2.24) is 24.5 Å². The van der Waals surface area contributed by atoms with Crippen molar-refractivity contribution in [2.75, 3.05) is 37.2 Å². The van der Waals surface area contributed by atoms with Crippen LogP contribution >= 0.6 is 0 Å². The molecule has 1 aliphatic carbocycles. The molecule has 2 aliphatic rings. The van der Waals surface area contributed by atoms with Gasteiger partial charge in [-0.25, -0.2) is 0 Å². The van der Waals surface area contributed by atoms with E-state index < -0.39 is 0 Å². The van der Waals surface area contributed by atoms with Gasteiger partial charge in [0.15, 0.2) is 5.65 Å². The molecule has 4 rings (SSSR count). The summed E-state index contributed by atoms with van der Waals surface area (Å²) in [4.78, 5) is 15.4. The molecule has 9 nitrogen and oxygen atoms in total. The van der Waals surface area contributed by atoms with Crippen LogP contribution in [-0.2, 0) is 4.79 Å². The van der Waals surface area contributed by atoms with E-state index in [1.165, 1.54) is 45.3 Å². The molecule has 2 aromatic heterocycles. The second-order valence-corrected chi connectivity index (χ2v) is 6.73. The molecule has 9 heteroatoms. The maximum absolute atomic E-state index is 8.36. The molecular formula is C16H25N7O2. The van der Waals surface area contributed by atoms with Gasteiger partial charge in [-0.3, -0.25) is 9.20 Å². The lowest BCUT2D eigenvalue weighted by Crippen LogP contribution is -2.37. The predicted octanol–water partition coefficient (Wildman–Crippen LogP) is 0.941. The van der Waals surface area contributed by atoms with Gasteiger partial charge in [-0.1, -0.05) is 0 Å². The fourth-order valence-electron chi connectivity index (χ4n) is 3.23. The van der Waals surface area contributed by atoms with Crippen LogP contribution < -0.4 is 11.1 Å². The van der Waals surface area contributed by atoms with Crippen molar-refractivity contribution in [2.24, 2.45) is 11.8 Å². The number of hydrogen-bond donors (Lipinski definition) is 3. The van der Waals surface area contributed by atoms with Gasteiger partial charge in [0.2, 0.25) is 5.95 Å². The lowest BCUT2D eigenvalue weighted by Gasteiger charge is -2.32. The Bertz CT molecular complexity index is 693. The summed E-state index contributed by atoms with van der Waals surface area (Å²) in [6.07, 6.45) is 7.00. The van der Waals surface area contributed by atoms with E-state index in [0.717, 1.165) is 23.9 Å². The monoisotopic (exact) mass is 347 g/mol. The molecule has 0 aromatic carbocycles. The topological polar surface area (TPSA) is 122 Å². The normalized spacial score (nSPS) is 18.6. The van der Waals surface area contributed by atoms with Crippen LogP contribution in [-0.4, -0.2) is 62.2 Å². The number of piperidine rings is 1. The van der Waals surface area contributed by atoms with Crippen molar-refractivity contribution in [3.8, 4) is 0 Å². The summed E-state index contributed by atoms with van der Waals surface area (Å²) in [6, 6.07) is 1.89. The summed E-state index contributed by atoms with van der Waals surface area (Å²) in [6.45, 7) is 4.50.